The molecule has 0 saturated carbocycles. The zero-order chi connectivity index (χ0) is 21.6. The van der Waals surface area contributed by atoms with Crippen molar-refractivity contribution in [2.75, 3.05) is 6.61 Å². The number of ether oxygens (including phenoxy) is 1. The SMILES string of the molecule is O=c1c(-c2ccc(O)cc2)coc2c([C@@H]3O[C@H](CO)[C@@H](O)[C@H](O)[C@H]3O)c([O-])ccc12. The normalized spacial score (nSPS) is 26.7. The summed E-state index contributed by atoms with van der Waals surface area (Å²) in [7, 11) is 0. The van der Waals surface area contributed by atoms with Crippen molar-refractivity contribution in [3.63, 3.8) is 0 Å². The number of rotatable bonds is 3. The maximum atomic E-state index is 13.0. The van der Waals surface area contributed by atoms with Crippen LogP contribution in [0.3, 0.4) is 0 Å². The molecule has 1 aliphatic rings. The highest BCUT2D eigenvalue weighted by Gasteiger charge is 2.45. The molecule has 158 valence electrons. The molecule has 5 atom stereocenters. The maximum Gasteiger partial charge on any atom is 0.200 e. The first-order valence-electron chi connectivity index (χ1n) is 9.18. The molecule has 9 heteroatoms. The zero-order valence-corrected chi connectivity index (χ0v) is 15.5. The number of phenolic OH excluding ortho intramolecular Hbond substituents is 1. The number of aliphatic hydroxyl groups is 4. The Kier molecular flexibility index (Phi) is 5.22. The number of aliphatic hydroxyl groups excluding tert-OH is 4. The predicted molar refractivity (Wildman–Crippen MR) is 102 cm³/mol. The van der Waals surface area contributed by atoms with Gasteiger partial charge in [-0.25, -0.2) is 0 Å². The third kappa shape index (κ3) is 3.22. The van der Waals surface area contributed by atoms with Gasteiger partial charge in [-0.3, -0.25) is 4.79 Å². The Bertz CT molecular complexity index is 1120. The molecule has 0 spiro atoms. The average molecular weight is 415 g/mol. The van der Waals surface area contributed by atoms with Crippen LogP contribution in [-0.2, 0) is 4.74 Å². The lowest BCUT2D eigenvalue weighted by Crippen LogP contribution is -2.55. The Morgan fingerprint density at radius 1 is 0.967 bits per heavy atom. The molecule has 30 heavy (non-hydrogen) atoms. The van der Waals surface area contributed by atoms with Crippen LogP contribution in [0.2, 0.25) is 0 Å². The van der Waals surface area contributed by atoms with E-state index in [-0.39, 0.29) is 27.8 Å². The van der Waals surface area contributed by atoms with Crippen molar-refractivity contribution < 1.29 is 39.8 Å². The number of fused-ring (bicyclic) bond motifs is 1. The Morgan fingerprint density at radius 2 is 1.67 bits per heavy atom. The molecule has 5 N–H and O–H groups in total. The lowest BCUT2D eigenvalue weighted by atomic mass is 9.89. The fraction of sp³-hybridized carbons (Fsp3) is 0.286. The second kappa shape index (κ2) is 7.71. The van der Waals surface area contributed by atoms with Crippen molar-refractivity contribution in [3.05, 3.63) is 58.4 Å². The fourth-order valence-corrected chi connectivity index (χ4v) is 3.65. The molecular weight excluding hydrogens is 396 g/mol. The van der Waals surface area contributed by atoms with Crippen molar-refractivity contribution in [1.82, 2.24) is 0 Å². The molecule has 0 aliphatic carbocycles. The first-order chi connectivity index (χ1) is 14.3. The van der Waals surface area contributed by atoms with Gasteiger partial charge < -0.3 is 39.8 Å². The van der Waals surface area contributed by atoms with Crippen LogP contribution < -0.4 is 10.5 Å². The molecule has 1 saturated heterocycles. The summed E-state index contributed by atoms with van der Waals surface area (Å²) in [5.74, 6) is -0.572. The van der Waals surface area contributed by atoms with E-state index in [4.69, 9.17) is 9.15 Å². The van der Waals surface area contributed by atoms with E-state index in [0.29, 0.717) is 5.56 Å². The van der Waals surface area contributed by atoms with Crippen LogP contribution in [0.1, 0.15) is 11.7 Å². The molecule has 4 rings (SSSR count). The minimum atomic E-state index is -1.69. The molecule has 0 bridgehead atoms. The van der Waals surface area contributed by atoms with Crippen LogP contribution in [0.25, 0.3) is 22.1 Å². The summed E-state index contributed by atoms with van der Waals surface area (Å²) in [5.41, 5.74) is -0.0872. The molecule has 1 aliphatic heterocycles. The largest absolute Gasteiger partial charge is 0.872 e. The van der Waals surface area contributed by atoms with Crippen LogP contribution in [0.15, 0.2) is 51.9 Å². The van der Waals surface area contributed by atoms with Gasteiger partial charge in [0, 0.05) is 5.56 Å². The molecule has 1 fully saturated rings. The Labute approximate surface area is 169 Å². The monoisotopic (exact) mass is 415 g/mol. The maximum absolute atomic E-state index is 13.0. The van der Waals surface area contributed by atoms with Crippen molar-refractivity contribution in [2.45, 2.75) is 30.5 Å². The molecule has 0 unspecified atom stereocenters. The van der Waals surface area contributed by atoms with Crippen LogP contribution in [0, 0.1) is 0 Å². The smallest absolute Gasteiger partial charge is 0.200 e. The quantitative estimate of drug-likeness (QED) is 0.388. The van der Waals surface area contributed by atoms with Gasteiger partial charge >= 0.3 is 0 Å². The second-order valence-corrected chi connectivity index (χ2v) is 7.13. The number of hydrogen-bond acceptors (Lipinski definition) is 9. The van der Waals surface area contributed by atoms with Gasteiger partial charge in [-0.05, 0) is 23.8 Å². The molecule has 0 radical (unpaired) electrons. The number of phenols is 1. The summed E-state index contributed by atoms with van der Waals surface area (Å²) in [4.78, 5) is 13.0. The van der Waals surface area contributed by atoms with Gasteiger partial charge in [-0.2, -0.15) is 0 Å². The molecule has 9 nitrogen and oxygen atoms in total. The van der Waals surface area contributed by atoms with Crippen LogP contribution in [0.5, 0.6) is 11.5 Å². The topological polar surface area (TPSA) is 164 Å². The molecule has 0 amide bonds. The predicted octanol–water partition coefficient (Wildman–Crippen LogP) is -0.246. The number of hydrogen-bond donors (Lipinski definition) is 5. The van der Waals surface area contributed by atoms with Crippen molar-refractivity contribution in [2.24, 2.45) is 0 Å². The van der Waals surface area contributed by atoms with Gasteiger partial charge in [0.15, 0.2) is 0 Å². The van der Waals surface area contributed by atoms with Crippen molar-refractivity contribution >= 4 is 11.0 Å². The summed E-state index contributed by atoms with van der Waals surface area (Å²) in [6.45, 7) is -0.657. The van der Waals surface area contributed by atoms with E-state index < -0.39 is 48.3 Å². The van der Waals surface area contributed by atoms with Gasteiger partial charge in [0.2, 0.25) is 5.43 Å². The third-order valence-corrected chi connectivity index (χ3v) is 5.30. The third-order valence-electron chi connectivity index (χ3n) is 5.30. The van der Waals surface area contributed by atoms with E-state index >= 15 is 0 Å². The first-order valence-corrected chi connectivity index (χ1v) is 9.18. The highest BCUT2D eigenvalue weighted by molar-refractivity contribution is 5.86. The highest BCUT2D eigenvalue weighted by atomic mass is 16.5. The molecule has 1 aromatic heterocycles. The summed E-state index contributed by atoms with van der Waals surface area (Å²) >= 11 is 0. The highest BCUT2D eigenvalue weighted by Crippen LogP contribution is 2.39. The van der Waals surface area contributed by atoms with E-state index in [2.05, 4.69) is 0 Å². The average Bonchev–Trinajstić information content (AvgIpc) is 2.74. The van der Waals surface area contributed by atoms with E-state index in [1.165, 1.54) is 30.3 Å². The van der Waals surface area contributed by atoms with E-state index in [1.54, 1.807) is 0 Å². The zero-order valence-electron chi connectivity index (χ0n) is 15.5. The summed E-state index contributed by atoms with van der Waals surface area (Å²) in [6, 6.07) is 8.32. The molecule has 2 heterocycles. The van der Waals surface area contributed by atoms with Gasteiger partial charge in [-0.1, -0.05) is 23.9 Å². The Balaban J connectivity index is 1.87. The van der Waals surface area contributed by atoms with Crippen molar-refractivity contribution in [1.29, 1.82) is 0 Å². The van der Waals surface area contributed by atoms with Crippen LogP contribution in [0.4, 0.5) is 0 Å². The van der Waals surface area contributed by atoms with Crippen LogP contribution in [-0.4, -0.2) is 56.6 Å². The molecule has 3 aromatic rings. The minimum Gasteiger partial charge on any atom is -0.872 e. The first kappa shape index (κ1) is 20.3. The Morgan fingerprint density at radius 3 is 2.33 bits per heavy atom. The summed E-state index contributed by atoms with van der Waals surface area (Å²) < 4.78 is 11.1. The lowest BCUT2D eigenvalue weighted by molar-refractivity contribution is -0.276. The van der Waals surface area contributed by atoms with Gasteiger partial charge in [-0.15, -0.1) is 0 Å². The summed E-state index contributed by atoms with van der Waals surface area (Å²) in [5, 5.41) is 61.9. The van der Waals surface area contributed by atoms with E-state index in [0.717, 1.165) is 12.3 Å². The molecule has 2 aromatic carbocycles. The minimum absolute atomic E-state index is 0.0322. The van der Waals surface area contributed by atoms with Gasteiger partial charge in [0.05, 0.1) is 17.6 Å². The number of aromatic hydroxyl groups is 1. The lowest BCUT2D eigenvalue weighted by Gasteiger charge is -2.41. The Hall–Kier alpha value is -2.95. The summed E-state index contributed by atoms with van der Waals surface area (Å²) in [6.07, 6.45) is -6.45. The van der Waals surface area contributed by atoms with Gasteiger partial charge in [0.25, 0.3) is 0 Å². The van der Waals surface area contributed by atoms with E-state index in [9.17, 15) is 35.4 Å². The second-order valence-electron chi connectivity index (χ2n) is 7.13. The molecular formula is C21H19O9-. The van der Waals surface area contributed by atoms with Crippen LogP contribution >= 0.6 is 0 Å². The fourth-order valence-electron chi connectivity index (χ4n) is 3.65. The number of benzene rings is 2. The van der Waals surface area contributed by atoms with Crippen molar-refractivity contribution in [3.8, 4) is 22.6 Å². The van der Waals surface area contributed by atoms with Gasteiger partial charge in [0.1, 0.15) is 48.1 Å². The van der Waals surface area contributed by atoms with E-state index in [1.807, 2.05) is 0 Å². The standard InChI is InChI=1S/C21H20O9/c22-7-14-17(26)18(27)19(28)21(30-14)15-13(24)6-5-11-16(25)12(8-29-20(11)15)9-1-3-10(23)4-2-9/h1-6,8,14,17-19,21-24,26-28H,7H2/p-1/t14-,17-,18+,19-,21+/m1/s1.